The Balaban J connectivity index is 1.70. The number of hydrogen-bond acceptors (Lipinski definition) is 1. The second-order valence-electron chi connectivity index (χ2n) is 4.97. The molecule has 0 radical (unpaired) electrons. The highest BCUT2D eigenvalue weighted by atomic mass is 79.9. The quantitative estimate of drug-likeness (QED) is 0.884. The van der Waals surface area contributed by atoms with Crippen molar-refractivity contribution in [3.63, 3.8) is 0 Å². The molecule has 2 fully saturated rings. The Labute approximate surface area is 109 Å². The van der Waals surface area contributed by atoms with Gasteiger partial charge < -0.3 is 10.6 Å². The van der Waals surface area contributed by atoms with Crippen molar-refractivity contribution in [1.82, 2.24) is 10.6 Å². The molecular formula is C13H15BrN2O. The number of nitrogens with one attached hydrogen (secondary N) is 2. The van der Waals surface area contributed by atoms with Crippen molar-refractivity contribution in [3.8, 4) is 0 Å². The van der Waals surface area contributed by atoms with E-state index in [1.807, 2.05) is 12.1 Å². The fourth-order valence-corrected chi connectivity index (χ4v) is 2.46. The minimum Gasteiger partial charge on any atom is -0.335 e. The van der Waals surface area contributed by atoms with Crippen LogP contribution in [-0.2, 0) is 5.54 Å². The zero-order valence-electron chi connectivity index (χ0n) is 9.50. The number of carbonyl (C=O) groups excluding carboxylic acids is 1. The van der Waals surface area contributed by atoms with E-state index in [9.17, 15) is 4.79 Å². The monoisotopic (exact) mass is 294 g/mol. The summed E-state index contributed by atoms with van der Waals surface area (Å²) < 4.78 is 1.06. The van der Waals surface area contributed by atoms with Gasteiger partial charge in [0, 0.05) is 10.5 Å². The van der Waals surface area contributed by atoms with E-state index in [1.165, 1.54) is 5.56 Å². The molecule has 3 nitrogen and oxygen atoms in total. The van der Waals surface area contributed by atoms with E-state index in [-0.39, 0.29) is 11.6 Å². The number of urea groups is 1. The first-order valence-corrected chi connectivity index (χ1v) is 6.82. The van der Waals surface area contributed by atoms with Crippen LogP contribution in [0.4, 0.5) is 4.79 Å². The van der Waals surface area contributed by atoms with E-state index in [4.69, 9.17) is 0 Å². The number of halogens is 1. The molecule has 17 heavy (non-hydrogen) atoms. The molecule has 0 heterocycles. The second-order valence-corrected chi connectivity index (χ2v) is 5.88. The van der Waals surface area contributed by atoms with Crippen molar-refractivity contribution in [2.45, 2.75) is 37.3 Å². The standard InChI is InChI=1S/C13H15BrN2O/c14-10-3-1-2-9(8-10)13(6-7-13)16-12(17)15-11-4-5-11/h1-3,8,11H,4-7H2,(H2,15,16,17). The van der Waals surface area contributed by atoms with Crippen LogP contribution in [0.25, 0.3) is 0 Å². The third-order valence-corrected chi connectivity index (χ3v) is 3.89. The minimum atomic E-state index is -0.122. The summed E-state index contributed by atoms with van der Waals surface area (Å²) in [4.78, 5) is 11.8. The van der Waals surface area contributed by atoms with Crippen molar-refractivity contribution in [1.29, 1.82) is 0 Å². The Hall–Kier alpha value is -1.03. The van der Waals surface area contributed by atoms with Gasteiger partial charge in [0.1, 0.15) is 0 Å². The number of benzene rings is 1. The Bertz CT molecular complexity index is 452. The van der Waals surface area contributed by atoms with Crippen LogP contribution in [0, 0.1) is 0 Å². The van der Waals surface area contributed by atoms with E-state index in [1.54, 1.807) is 0 Å². The average molecular weight is 295 g/mol. The summed E-state index contributed by atoms with van der Waals surface area (Å²) in [6, 6.07) is 8.57. The van der Waals surface area contributed by atoms with Gasteiger partial charge in [-0.2, -0.15) is 0 Å². The molecule has 4 heteroatoms. The normalized spacial score (nSPS) is 20.8. The van der Waals surface area contributed by atoms with E-state index < -0.39 is 0 Å². The number of carbonyl (C=O) groups is 1. The molecule has 0 atom stereocenters. The molecular weight excluding hydrogens is 280 g/mol. The predicted octanol–water partition coefficient (Wildman–Crippen LogP) is 2.90. The molecule has 2 N–H and O–H groups in total. The Morgan fingerprint density at radius 2 is 2.12 bits per heavy atom. The molecule has 1 aromatic carbocycles. The number of amides is 2. The molecule has 0 unspecified atom stereocenters. The average Bonchev–Trinajstić information content (AvgIpc) is 3.15. The topological polar surface area (TPSA) is 41.1 Å². The van der Waals surface area contributed by atoms with Crippen LogP contribution in [0.5, 0.6) is 0 Å². The highest BCUT2D eigenvalue weighted by Gasteiger charge is 2.46. The van der Waals surface area contributed by atoms with Crippen LogP contribution in [0.3, 0.4) is 0 Å². The van der Waals surface area contributed by atoms with Gasteiger partial charge in [-0.15, -0.1) is 0 Å². The zero-order chi connectivity index (χ0) is 11.9. The van der Waals surface area contributed by atoms with Gasteiger partial charge >= 0.3 is 6.03 Å². The summed E-state index contributed by atoms with van der Waals surface area (Å²) in [7, 11) is 0. The third-order valence-electron chi connectivity index (χ3n) is 3.39. The molecule has 2 aliphatic rings. The van der Waals surface area contributed by atoms with Gasteiger partial charge in [0.15, 0.2) is 0 Å². The molecule has 0 bridgehead atoms. The maximum Gasteiger partial charge on any atom is 0.315 e. The van der Waals surface area contributed by atoms with Crippen molar-refractivity contribution in [3.05, 3.63) is 34.3 Å². The van der Waals surface area contributed by atoms with Gasteiger partial charge in [-0.1, -0.05) is 28.1 Å². The lowest BCUT2D eigenvalue weighted by Gasteiger charge is -2.18. The van der Waals surface area contributed by atoms with Crippen LogP contribution in [-0.4, -0.2) is 12.1 Å². The molecule has 0 aromatic heterocycles. The Kier molecular flexibility index (Phi) is 2.62. The van der Waals surface area contributed by atoms with Crippen LogP contribution in [0.1, 0.15) is 31.2 Å². The summed E-state index contributed by atoms with van der Waals surface area (Å²) >= 11 is 3.47. The Morgan fingerprint density at radius 1 is 1.35 bits per heavy atom. The molecule has 90 valence electrons. The Morgan fingerprint density at radius 3 is 2.71 bits per heavy atom. The van der Waals surface area contributed by atoms with Crippen molar-refractivity contribution in [2.24, 2.45) is 0 Å². The second kappa shape index (κ2) is 4.02. The molecule has 2 aliphatic carbocycles. The van der Waals surface area contributed by atoms with E-state index in [2.05, 4.69) is 38.7 Å². The largest absolute Gasteiger partial charge is 0.335 e. The molecule has 2 amide bonds. The van der Waals surface area contributed by atoms with Gasteiger partial charge in [0.05, 0.1) is 5.54 Å². The zero-order valence-corrected chi connectivity index (χ0v) is 11.1. The molecule has 2 saturated carbocycles. The van der Waals surface area contributed by atoms with E-state index in [0.29, 0.717) is 6.04 Å². The fraction of sp³-hybridized carbons (Fsp3) is 0.462. The highest BCUT2D eigenvalue weighted by Crippen LogP contribution is 2.46. The van der Waals surface area contributed by atoms with Gasteiger partial charge in [-0.05, 0) is 43.4 Å². The van der Waals surface area contributed by atoms with Gasteiger partial charge in [-0.3, -0.25) is 0 Å². The maximum absolute atomic E-state index is 11.8. The van der Waals surface area contributed by atoms with Crippen molar-refractivity contribution in [2.75, 3.05) is 0 Å². The first-order chi connectivity index (χ1) is 8.18. The summed E-state index contributed by atoms with van der Waals surface area (Å²) in [5.74, 6) is 0. The molecule has 0 spiro atoms. The summed E-state index contributed by atoms with van der Waals surface area (Å²) in [5.41, 5.74) is 1.07. The van der Waals surface area contributed by atoms with Crippen LogP contribution in [0.15, 0.2) is 28.7 Å². The molecule has 1 aromatic rings. The first-order valence-electron chi connectivity index (χ1n) is 6.03. The van der Waals surface area contributed by atoms with E-state index >= 15 is 0 Å². The molecule has 0 saturated heterocycles. The number of hydrogen-bond donors (Lipinski definition) is 2. The van der Waals surface area contributed by atoms with Crippen molar-refractivity contribution < 1.29 is 4.79 Å². The SMILES string of the molecule is O=C(NC1CC1)NC1(c2cccc(Br)c2)CC1. The maximum atomic E-state index is 11.8. The summed E-state index contributed by atoms with van der Waals surface area (Å²) in [5, 5.41) is 6.08. The van der Waals surface area contributed by atoms with Crippen LogP contribution in [0.2, 0.25) is 0 Å². The first kappa shape index (κ1) is 11.1. The predicted molar refractivity (Wildman–Crippen MR) is 69.7 cm³/mol. The van der Waals surface area contributed by atoms with Gasteiger partial charge in [-0.25, -0.2) is 4.79 Å². The van der Waals surface area contributed by atoms with Gasteiger partial charge in [0.25, 0.3) is 0 Å². The third kappa shape index (κ3) is 2.46. The summed E-state index contributed by atoms with van der Waals surface area (Å²) in [6.07, 6.45) is 4.30. The molecule has 0 aliphatic heterocycles. The fourth-order valence-electron chi connectivity index (χ4n) is 2.06. The van der Waals surface area contributed by atoms with Crippen molar-refractivity contribution >= 4 is 22.0 Å². The summed E-state index contributed by atoms with van der Waals surface area (Å²) in [6.45, 7) is 0. The van der Waals surface area contributed by atoms with Crippen LogP contribution >= 0.6 is 15.9 Å². The highest BCUT2D eigenvalue weighted by molar-refractivity contribution is 9.10. The van der Waals surface area contributed by atoms with E-state index in [0.717, 1.165) is 30.2 Å². The lowest BCUT2D eigenvalue weighted by molar-refractivity contribution is 0.235. The van der Waals surface area contributed by atoms with Gasteiger partial charge in [0.2, 0.25) is 0 Å². The van der Waals surface area contributed by atoms with Crippen LogP contribution < -0.4 is 10.6 Å². The minimum absolute atomic E-state index is 0.0232. The molecule has 3 rings (SSSR count). The number of rotatable bonds is 3. The smallest absolute Gasteiger partial charge is 0.315 e. The lowest BCUT2D eigenvalue weighted by atomic mass is 10.1. The lowest BCUT2D eigenvalue weighted by Crippen LogP contribution is -2.43.